The summed E-state index contributed by atoms with van der Waals surface area (Å²) >= 11 is 3.51. The molecule has 5 heteroatoms. The van der Waals surface area contributed by atoms with E-state index < -0.39 is 0 Å². The second kappa shape index (κ2) is 6.14. The maximum atomic E-state index is 9.03. The van der Waals surface area contributed by atoms with Crippen LogP contribution in [-0.4, -0.2) is 52.2 Å². The quantitative estimate of drug-likeness (QED) is 0.714. The van der Waals surface area contributed by atoms with E-state index in [4.69, 9.17) is 14.9 Å². The van der Waals surface area contributed by atoms with Gasteiger partial charge in [-0.25, -0.2) is 0 Å². The molecule has 2 atom stereocenters. The van der Waals surface area contributed by atoms with Crippen LogP contribution in [0.25, 0.3) is 0 Å². The predicted molar refractivity (Wildman–Crippen MR) is 57.2 cm³/mol. The lowest BCUT2D eigenvalue weighted by Gasteiger charge is -2.10. The van der Waals surface area contributed by atoms with E-state index in [2.05, 4.69) is 0 Å². The second-order valence-corrected chi connectivity index (χ2v) is 6.12. The molecular weight excluding hydrogens is 208 g/mol. The first kappa shape index (κ1) is 11.7. The van der Waals surface area contributed by atoms with Crippen molar-refractivity contribution in [2.24, 2.45) is 0 Å². The highest BCUT2D eigenvalue weighted by Crippen LogP contribution is 2.44. The smallest absolute Gasteiger partial charge is 0.0562 e. The van der Waals surface area contributed by atoms with Gasteiger partial charge in [0.15, 0.2) is 0 Å². The van der Waals surface area contributed by atoms with Crippen LogP contribution in [0.2, 0.25) is 0 Å². The van der Waals surface area contributed by atoms with Gasteiger partial charge in [-0.3, -0.25) is 0 Å². The lowest BCUT2D eigenvalue weighted by atomic mass is 10.3. The van der Waals surface area contributed by atoms with Gasteiger partial charge in [-0.1, -0.05) is 0 Å². The summed E-state index contributed by atoms with van der Waals surface area (Å²) in [7, 11) is 1.69. The molecule has 1 aliphatic rings. The van der Waals surface area contributed by atoms with E-state index in [0.29, 0.717) is 4.58 Å². The van der Waals surface area contributed by atoms with E-state index in [1.807, 2.05) is 0 Å². The lowest BCUT2D eigenvalue weighted by molar-refractivity contribution is 0.198. The zero-order chi connectivity index (χ0) is 9.68. The van der Waals surface area contributed by atoms with E-state index in [1.165, 1.54) is 0 Å². The lowest BCUT2D eigenvalue weighted by Crippen LogP contribution is -2.22. The molecule has 2 N–H and O–H groups in total. The van der Waals surface area contributed by atoms with Crippen LogP contribution in [0, 0.1) is 0 Å². The van der Waals surface area contributed by atoms with E-state index >= 15 is 0 Å². The summed E-state index contributed by atoms with van der Waals surface area (Å²) in [4.78, 5) is 0. The minimum atomic E-state index is 0.159. The molecule has 13 heavy (non-hydrogen) atoms. The van der Waals surface area contributed by atoms with E-state index in [9.17, 15) is 0 Å². The fourth-order valence-electron chi connectivity index (χ4n) is 1.27. The molecule has 1 aliphatic heterocycles. The number of rotatable bonds is 5. The maximum Gasteiger partial charge on any atom is 0.0562 e. The van der Waals surface area contributed by atoms with Crippen LogP contribution < -0.4 is 0 Å². The van der Waals surface area contributed by atoms with Gasteiger partial charge in [0.05, 0.1) is 17.8 Å². The maximum absolute atomic E-state index is 9.03. The molecule has 1 rings (SSSR count). The Hall–Kier alpha value is 0.580. The molecule has 0 aromatic rings. The van der Waals surface area contributed by atoms with Gasteiger partial charge in [0.1, 0.15) is 0 Å². The highest BCUT2D eigenvalue weighted by atomic mass is 32.2. The Morgan fingerprint density at radius 3 is 2.08 bits per heavy atom. The fourth-order valence-corrected chi connectivity index (χ4v) is 4.71. The van der Waals surface area contributed by atoms with Crippen molar-refractivity contribution in [3.8, 4) is 0 Å². The highest BCUT2D eigenvalue weighted by Gasteiger charge is 2.34. The number of hydrogen-bond donors (Lipinski definition) is 2. The van der Waals surface area contributed by atoms with Gasteiger partial charge in [0.25, 0.3) is 0 Å². The third-order valence-corrected chi connectivity index (χ3v) is 5.56. The van der Waals surface area contributed by atoms with Crippen molar-refractivity contribution >= 4 is 23.5 Å². The van der Waals surface area contributed by atoms with Crippen molar-refractivity contribution in [2.75, 3.05) is 26.9 Å². The molecule has 1 fully saturated rings. The highest BCUT2D eigenvalue weighted by molar-refractivity contribution is 8.20. The van der Waals surface area contributed by atoms with Crippen LogP contribution in [-0.2, 0) is 4.74 Å². The first-order valence-corrected chi connectivity index (χ1v) is 6.22. The molecule has 0 saturated carbocycles. The van der Waals surface area contributed by atoms with Gasteiger partial charge in [0, 0.05) is 24.2 Å². The molecule has 0 aliphatic carbocycles. The summed E-state index contributed by atoms with van der Waals surface area (Å²) in [5.41, 5.74) is 0. The van der Waals surface area contributed by atoms with Crippen molar-refractivity contribution in [3.05, 3.63) is 0 Å². The number of ether oxygens (including phenoxy) is 1. The summed E-state index contributed by atoms with van der Waals surface area (Å²) in [5, 5.41) is 18.5. The van der Waals surface area contributed by atoms with Crippen LogP contribution in [0.1, 0.15) is 6.42 Å². The number of hydrogen-bond acceptors (Lipinski definition) is 5. The molecule has 0 amide bonds. The van der Waals surface area contributed by atoms with Crippen molar-refractivity contribution in [1.82, 2.24) is 0 Å². The SMILES string of the molecule is COCCC1SC(CO)C(CO)S1. The summed E-state index contributed by atoms with van der Waals surface area (Å²) in [5.74, 6) is 0. The van der Waals surface area contributed by atoms with Crippen molar-refractivity contribution in [3.63, 3.8) is 0 Å². The molecule has 3 nitrogen and oxygen atoms in total. The normalized spacial score (nSPS) is 33.9. The average Bonchev–Trinajstić information content (AvgIpc) is 2.57. The molecule has 0 aromatic heterocycles. The minimum absolute atomic E-state index is 0.159. The molecule has 0 spiro atoms. The van der Waals surface area contributed by atoms with E-state index in [-0.39, 0.29) is 23.7 Å². The van der Waals surface area contributed by atoms with Gasteiger partial charge in [-0.2, -0.15) is 0 Å². The molecule has 78 valence electrons. The Morgan fingerprint density at radius 2 is 1.69 bits per heavy atom. The standard InChI is InChI=1S/C8H16O3S2/c1-11-3-2-8-12-6(4-9)7(5-10)13-8/h6-10H,2-5H2,1H3. The fraction of sp³-hybridized carbons (Fsp3) is 1.00. The molecule has 2 unspecified atom stereocenters. The molecule has 0 aromatic carbocycles. The van der Waals surface area contributed by atoms with Crippen LogP contribution >= 0.6 is 23.5 Å². The number of thioether (sulfide) groups is 2. The second-order valence-electron chi connectivity index (χ2n) is 2.93. The monoisotopic (exact) mass is 224 g/mol. The Morgan fingerprint density at radius 1 is 1.15 bits per heavy atom. The Bertz CT molecular complexity index is 133. The zero-order valence-corrected chi connectivity index (χ0v) is 9.31. The molecular formula is C8H16O3S2. The number of aliphatic hydroxyl groups excluding tert-OH is 2. The number of aliphatic hydroxyl groups is 2. The van der Waals surface area contributed by atoms with Crippen LogP contribution in [0.3, 0.4) is 0 Å². The molecule has 1 heterocycles. The molecule has 0 bridgehead atoms. The third kappa shape index (κ3) is 3.32. The minimum Gasteiger partial charge on any atom is -0.395 e. The Balaban J connectivity index is 2.30. The largest absolute Gasteiger partial charge is 0.395 e. The summed E-state index contributed by atoms with van der Waals surface area (Å²) in [6.07, 6.45) is 0.985. The van der Waals surface area contributed by atoms with Crippen molar-refractivity contribution in [1.29, 1.82) is 0 Å². The Labute approximate surface area is 87.2 Å². The summed E-state index contributed by atoms with van der Waals surface area (Å²) in [6, 6.07) is 0. The van der Waals surface area contributed by atoms with Gasteiger partial charge in [-0.05, 0) is 6.42 Å². The first-order chi connectivity index (χ1) is 6.31. The number of methoxy groups -OCH3 is 1. The predicted octanol–water partition coefficient (Wildman–Crippen LogP) is 0.551. The van der Waals surface area contributed by atoms with E-state index in [1.54, 1.807) is 30.6 Å². The van der Waals surface area contributed by atoms with Crippen LogP contribution in [0.5, 0.6) is 0 Å². The van der Waals surface area contributed by atoms with Gasteiger partial charge in [0.2, 0.25) is 0 Å². The summed E-state index contributed by atoms with van der Waals surface area (Å²) in [6.45, 7) is 1.07. The van der Waals surface area contributed by atoms with E-state index in [0.717, 1.165) is 13.0 Å². The van der Waals surface area contributed by atoms with Gasteiger partial charge >= 0.3 is 0 Å². The summed E-state index contributed by atoms with van der Waals surface area (Å²) < 4.78 is 5.46. The molecule has 0 radical (unpaired) electrons. The molecule has 1 saturated heterocycles. The van der Waals surface area contributed by atoms with Crippen molar-refractivity contribution in [2.45, 2.75) is 21.5 Å². The van der Waals surface area contributed by atoms with Gasteiger partial charge in [-0.15, -0.1) is 23.5 Å². The first-order valence-electron chi connectivity index (χ1n) is 4.33. The van der Waals surface area contributed by atoms with Gasteiger partial charge < -0.3 is 14.9 Å². The topological polar surface area (TPSA) is 49.7 Å². The van der Waals surface area contributed by atoms with Crippen molar-refractivity contribution < 1.29 is 14.9 Å². The third-order valence-electron chi connectivity index (χ3n) is 1.99. The van der Waals surface area contributed by atoms with Crippen LogP contribution in [0.4, 0.5) is 0 Å². The Kier molecular flexibility index (Phi) is 5.50. The van der Waals surface area contributed by atoms with Crippen LogP contribution in [0.15, 0.2) is 0 Å². The average molecular weight is 224 g/mol. The zero-order valence-electron chi connectivity index (χ0n) is 7.68.